The Morgan fingerprint density at radius 1 is 1.06 bits per heavy atom. The van der Waals surface area contributed by atoms with E-state index in [0.29, 0.717) is 19.8 Å². The fourth-order valence-electron chi connectivity index (χ4n) is 5.57. The topological polar surface area (TPSA) is 105 Å². The summed E-state index contributed by atoms with van der Waals surface area (Å²) in [6, 6.07) is 14.9. The standard InChI is InChI=1S/C26H28N2O6/c29-24(30)13-22(25(31)28-11-9-16-14-33-12-10-23(16)28)27-26(32)34-15-21-19-7-3-1-5-17(19)18-6-2-4-8-20(18)21/h1-8,16,21-23H,9-15H2,(H,27,32)(H,29,30). The van der Waals surface area contributed by atoms with Gasteiger partial charge < -0.3 is 24.8 Å². The quantitative estimate of drug-likeness (QED) is 0.681. The lowest BCUT2D eigenvalue weighted by Gasteiger charge is -2.33. The van der Waals surface area contributed by atoms with Crippen LogP contribution >= 0.6 is 0 Å². The monoisotopic (exact) mass is 464 g/mol. The van der Waals surface area contributed by atoms with Crippen LogP contribution in [0.3, 0.4) is 0 Å². The van der Waals surface area contributed by atoms with Gasteiger partial charge in [0.25, 0.3) is 0 Å². The van der Waals surface area contributed by atoms with Crippen LogP contribution in [-0.4, -0.2) is 66.4 Å². The molecule has 2 aromatic rings. The van der Waals surface area contributed by atoms with Crippen molar-refractivity contribution in [2.45, 2.75) is 37.3 Å². The average Bonchev–Trinajstić information content (AvgIpc) is 3.41. The van der Waals surface area contributed by atoms with E-state index in [0.717, 1.165) is 35.1 Å². The molecular weight excluding hydrogens is 436 g/mol. The molecule has 0 bridgehead atoms. The smallest absolute Gasteiger partial charge is 0.407 e. The van der Waals surface area contributed by atoms with Crippen LogP contribution < -0.4 is 5.32 Å². The van der Waals surface area contributed by atoms with Gasteiger partial charge in [-0.2, -0.15) is 0 Å². The van der Waals surface area contributed by atoms with Crippen molar-refractivity contribution in [2.24, 2.45) is 5.92 Å². The van der Waals surface area contributed by atoms with Crippen molar-refractivity contribution in [1.82, 2.24) is 10.2 Å². The highest BCUT2D eigenvalue weighted by atomic mass is 16.5. The Labute approximate surface area is 197 Å². The first-order chi connectivity index (χ1) is 16.5. The summed E-state index contributed by atoms with van der Waals surface area (Å²) in [5.41, 5.74) is 4.40. The maximum Gasteiger partial charge on any atom is 0.407 e. The predicted octanol–water partition coefficient (Wildman–Crippen LogP) is 3.01. The largest absolute Gasteiger partial charge is 0.481 e. The number of rotatable bonds is 6. The van der Waals surface area contributed by atoms with Gasteiger partial charge in [-0.25, -0.2) is 4.79 Å². The summed E-state index contributed by atoms with van der Waals surface area (Å²) >= 11 is 0. The normalized spacial score (nSPS) is 21.8. The minimum absolute atomic E-state index is 0.0295. The predicted molar refractivity (Wildman–Crippen MR) is 123 cm³/mol. The number of alkyl carbamates (subject to hydrolysis) is 1. The van der Waals surface area contributed by atoms with E-state index < -0.39 is 24.5 Å². The molecular formula is C26H28N2O6. The van der Waals surface area contributed by atoms with Gasteiger partial charge >= 0.3 is 12.1 Å². The summed E-state index contributed by atoms with van der Waals surface area (Å²) in [6.07, 6.45) is 0.263. The summed E-state index contributed by atoms with van der Waals surface area (Å²) in [7, 11) is 0. The van der Waals surface area contributed by atoms with E-state index in [-0.39, 0.29) is 30.4 Å². The minimum Gasteiger partial charge on any atom is -0.481 e. The molecule has 0 radical (unpaired) electrons. The third kappa shape index (κ3) is 4.25. The molecule has 2 amide bonds. The number of aliphatic carboxylic acids is 1. The second-order valence-corrected chi connectivity index (χ2v) is 9.13. The lowest BCUT2D eigenvalue weighted by Crippen LogP contribution is -2.52. The molecule has 2 fully saturated rings. The lowest BCUT2D eigenvalue weighted by atomic mass is 9.96. The summed E-state index contributed by atoms with van der Waals surface area (Å²) in [4.78, 5) is 39.1. The molecule has 2 aromatic carbocycles. The van der Waals surface area contributed by atoms with Crippen molar-refractivity contribution >= 4 is 18.0 Å². The zero-order chi connectivity index (χ0) is 23.7. The van der Waals surface area contributed by atoms with E-state index >= 15 is 0 Å². The van der Waals surface area contributed by atoms with E-state index in [1.165, 1.54) is 0 Å². The Morgan fingerprint density at radius 2 is 1.74 bits per heavy atom. The summed E-state index contributed by atoms with van der Waals surface area (Å²) in [5, 5.41) is 11.9. The number of hydrogen-bond donors (Lipinski definition) is 2. The van der Waals surface area contributed by atoms with Crippen LogP contribution in [-0.2, 0) is 19.1 Å². The van der Waals surface area contributed by atoms with Gasteiger partial charge in [-0.3, -0.25) is 9.59 Å². The summed E-state index contributed by atoms with van der Waals surface area (Å²) in [6.45, 7) is 1.83. The van der Waals surface area contributed by atoms with Gasteiger partial charge in [0, 0.05) is 31.0 Å². The number of likely N-dealkylation sites (tertiary alicyclic amines) is 1. The van der Waals surface area contributed by atoms with Gasteiger partial charge in [0.15, 0.2) is 0 Å². The molecule has 3 unspecified atom stereocenters. The Kier molecular flexibility index (Phi) is 6.24. The maximum absolute atomic E-state index is 13.2. The van der Waals surface area contributed by atoms with Gasteiger partial charge in [-0.1, -0.05) is 48.5 Å². The Morgan fingerprint density at radius 3 is 2.41 bits per heavy atom. The molecule has 3 aliphatic rings. The number of nitrogens with zero attached hydrogens (tertiary/aromatic N) is 1. The van der Waals surface area contributed by atoms with Crippen molar-refractivity contribution in [3.63, 3.8) is 0 Å². The molecule has 8 nitrogen and oxygen atoms in total. The molecule has 0 spiro atoms. The zero-order valence-electron chi connectivity index (χ0n) is 18.8. The third-order valence-electron chi connectivity index (χ3n) is 7.17. The highest BCUT2D eigenvalue weighted by Gasteiger charge is 2.41. The molecule has 34 heavy (non-hydrogen) atoms. The van der Waals surface area contributed by atoms with E-state index in [1.54, 1.807) is 4.90 Å². The first-order valence-corrected chi connectivity index (χ1v) is 11.7. The first kappa shape index (κ1) is 22.4. The van der Waals surface area contributed by atoms with Crippen molar-refractivity contribution in [3.8, 4) is 11.1 Å². The number of carbonyl (C=O) groups excluding carboxylic acids is 2. The van der Waals surface area contributed by atoms with E-state index in [1.807, 2.05) is 36.4 Å². The molecule has 2 N–H and O–H groups in total. The number of carbonyl (C=O) groups is 3. The van der Waals surface area contributed by atoms with Gasteiger partial charge in [-0.05, 0) is 35.1 Å². The van der Waals surface area contributed by atoms with E-state index in [4.69, 9.17) is 9.47 Å². The van der Waals surface area contributed by atoms with Crippen LogP contribution in [0.5, 0.6) is 0 Å². The molecule has 2 saturated heterocycles. The molecule has 0 saturated carbocycles. The van der Waals surface area contributed by atoms with Crippen molar-refractivity contribution < 1.29 is 29.0 Å². The fourth-order valence-corrected chi connectivity index (χ4v) is 5.57. The second-order valence-electron chi connectivity index (χ2n) is 9.13. The Balaban J connectivity index is 1.26. The molecule has 3 atom stereocenters. The molecule has 2 heterocycles. The van der Waals surface area contributed by atoms with E-state index in [9.17, 15) is 19.5 Å². The van der Waals surface area contributed by atoms with Crippen molar-refractivity contribution in [2.75, 3.05) is 26.4 Å². The van der Waals surface area contributed by atoms with Gasteiger partial charge in [-0.15, -0.1) is 0 Å². The number of benzene rings is 2. The number of carboxylic acid groups (broad SMARTS) is 1. The van der Waals surface area contributed by atoms with Gasteiger partial charge in [0.05, 0.1) is 13.0 Å². The van der Waals surface area contributed by atoms with Crippen LogP contribution in [0.4, 0.5) is 4.79 Å². The van der Waals surface area contributed by atoms with Crippen LogP contribution in [0.15, 0.2) is 48.5 Å². The summed E-state index contributed by atoms with van der Waals surface area (Å²) < 4.78 is 11.0. The number of hydrogen-bond acceptors (Lipinski definition) is 5. The molecule has 8 heteroatoms. The fraction of sp³-hybridized carbons (Fsp3) is 0.423. The highest BCUT2D eigenvalue weighted by Crippen LogP contribution is 2.44. The molecule has 178 valence electrons. The summed E-state index contributed by atoms with van der Waals surface area (Å²) in [5.74, 6) is -1.38. The Bertz CT molecular complexity index is 1060. The van der Waals surface area contributed by atoms with Gasteiger partial charge in [0.1, 0.15) is 12.6 Å². The van der Waals surface area contributed by atoms with Gasteiger partial charge in [0.2, 0.25) is 5.91 Å². The number of fused-ring (bicyclic) bond motifs is 4. The second kappa shape index (κ2) is 9.46. The molecule has 5 rings (SSSR count). The maximum atomic E-state index is 13.2. The van der Waals surface area contributed by atoms with E-state index in [2.05, 4.69) is 17.4 Å². The highest BCUT2D eigenvalue weighted by molar-refractivity contribution is 5.89. The number of ether oxygens (including phenoxy) is 2. The Hall–Kier alpha value is -3.39. The van der Waals surface area contributed by atoms with Crippen LogP contribution in [0.1, 0.15) is 36.3 Å². The number of amides is 2. The SMILES string of the molecule is O=C(O)CC(NC(=O)OCC1c2ccccc2-c2ccccc21)C(=O)N1CCC2COCCC21. The minimum atomic E-state index is -1.17. The number of nitrogens with one attached hydrogen (secondary N) is 1. The average molecular weight is 465 g/mol. The molecule has 0 aromatic heterocycles. The third-order valence-corrected chi connectivity index (χ3v) is 7.17. The van der Waals surface area contributed by atoms with Crippen LogP contribution in [0.25, 0.3) is 11.1 Å². The van der Waals surface area contributed by atoms with Crippen molar-refractivity contribution in [1.29, 1.82) is 0 Å². The van der Waals surface area contributed by atoms with Crippen LogP contribution in [0, 0.1) is 5.92 Å². The number of carboxylic acids is 1. The lowest BCUT2D eigenvalue weighted by molar-refractivity contribution is -0.143. The molecule has 1 aliphatic carbocycles. The van der Waals surface area contributed by atoms with Crippen LogP contribution in [0.2, 0.25) is 0 Å². The van der Waals surface area contributed by atoms with Crippen molar-refractivity contribution in [3.05, 3.63) is 59.7 Å². The zero-order valence-corrected chi connectivity index (χ0v) is 18.8. The molecule has 2 aliphatic heterocycles. The first-order valence-electron chi connectivity index (χ1n) is 11.7.